The first-order chi connectivity index (χ1) is 16.8. The monoisotopic (exact) mass is 493 g/mol. The van der Waals surface area contributed by atoms with Gasteiger partial charge < -0.3 is 15.0 Å². The van der Waals surface area contributed by atoms with Crippen molar-refractivity contribution in [2.45, 2.75) is 24.7 Å². The Kier molecular flexibility index (Phi) is 7.36. The normalized spacial score (nSPS) is 13.3. The van der Waals surface area contributed by atoms with Gasteiger partial charge in [0, 0.05) is 30.2 Å². The molecule has 3 aromatic rings. The molecular weight excluding hydrogens is 466 g/mol. The molecule has 0 bridgehead atoms. The maximum absolute atomic E-state index is 12.5. The van der Waals surface area contributed by atoms with Gasteiger partial charge >= 0.3 is 5.97 Å². The molecule has 0 aromatic heterocycles. The van der Waals surface area contributed by atoms with E-state index in [2.05, 4.69) is 14.9 Å². The fraction of sp³-hybridized carbons (Fsp3) is 0.231. The molecule has 9 heteroatoms. The summed E-state index contributed by atoms with van der Waals surface area (Å²) in [6.45, 7) is 3.53. The Morgan fingerprint density at radius 3 is 2.40 bits per heavy atom. The highest BCUT2D eigenvalue weighted by atomic mass is 32.2. The Labute approximate surface area is 205 Å². The van der Waals surface area contributed by atoms with Crippen LogP contribution in [0.25, 0.3) is 0 Å². The first kappa shape index (κ1) is 24.3. The third kappa shape index (κ3) is 6.19. The van der Waals surface area contributed by atoms with Gasteiger partial charge in [0.05, 0.1) is 10.5 Å². The minimum Gasteiger partial charge on any atom is -0.452 e. The number of hydrogen-bond donors (Lipinski definition) is 2. The number of aryl methyl sites for hydroxylation is 1. The zero-order valence-corrected chi connectivity index (χ0v) is 20.2. The second kappa shape index (κ2) is 10.6. The molecule has 1 aliphatic heterocycles. The van der Waals surface area contributed by atoms with Crippen LogP contribution < -0.4 is 14.9 Å². The number of sulfonamides is 1. The standard InChI is InChI=1S/C26H27N3O5S/c1-19-16-22(29-14-5-6-15-29)12-13-24(19)27-25(30)18-34-26(31)20-8-7-9-21(17-20)28-35(32,33)23-10-3-2-4-11-23/h2-4,7-13,16-17,28H,5-6,14-15,18H2,1H3,(H,27,30). The predicted molar refractivity (Wildman–Crippen MR) is 135 cm³/mol. The molecule has 3 aromatic carbocycles. The molecule has 4 rings (SSSR count). The number of hydrogen-bond acceptors (Lipinski definition) is 6. The number of carbonyl (C=O) groups excluding carboxylic acids is 2. The zero-order valence-electron chi connectivity index (χ0n) is 19.4. The number of anilines is 3. The molecule has 1 saturated heterocycles. The minimum absolute atomic E-state index is 0.105. The molecule has 35 heavy (non-hydrogen) atoms. The molecule has 182 valence electrons. The predicted octanol–water partition coefficient (Wildman–Crippen LogP) is 4.19. The topological polar surface area (TPSA) is 105 Å². The highest BCUT2D eigenvalue weighted by Crippen LogP contribution is 2.25. The third-order valence-electron chi connectivity index (χ3n) is 5.69. The number of carbonyl (C=O) groups is 2. The molecule has 8 nitrogen and oxygen atoms in total. The summed E-state index contributed by atoms with van der Waals surface area (Å²) >= 11 is 0. The highest BCUT2D eigenvalue weighted by molar-refractivity contribution is 7.92. The first-order valence-corrected chi connectivity index (χ1v) is 12.8. The fourth-order valence-electron chi connectivity index (χ4n) is 3.88. The van der Waals surface area contributed by atoms with E-state index in [4.69, 9.17) is 4.74 Å². The van der Waals surface area contributed by atoms with Gasteiger partial charge in [-0.15, -0.1) is 0 Å². The largest absolute Gasteiger partial charge is 0.452 e. The minimum atomic E-state index is -3.80. The number of rotatable bonds is 8. The summed E-state index contributed by atoms with van der Waals surface area (Å²) in [5.41, 5.74) is 3.05. The Morgan fingerprint density at radius 1 is 0.943 bits per heavy atom. The van der Waals surface area contributed by atoms with Crippen LogP contribution in [0.15, 0.2) is 77.7 Å². The number of esters is 1. The molecule has 1 fully saturated rings. The van der Waals surface area contributed by atoms with E-state index in [9.17, 15) is 18.0 Å². The van der Waals surface area contributed by atoms with Crippen molar-refractivity contribution < 1.29 is 22.7 Å². The van der Waals surface area contributed by atoms with E-state index in [1.54, 1.807) is 18.2 Å². The van der Waals surface area contributed by atoms with Crippen molar-refractivity contribution >= 4 is 39.0 Å². The van der Waals surface area contributed by atoms with Crippen molar-refractivity contribution in [2.75, 3.05) is 34.6 Å². The van der Waals surface area contributed by atoms with Gasteiger partial charge in [-0.2, -0.15) is 0 Å². The Hall–Kier alpha value is -3.85. The average molecular weight is 494 g/mol. The third-order valence-corrected chi connectivity index (χ3v) is 7.09. The van der Waals surface area contributed by atoms with Crippen LogP contribution in [0.2, 0.25) is 0 Å². The molecule has 0 atom stereocenters. The summed E-state index contributed by atoms with van der Waals surface area (Å²) in [5, 5.41) is 2.77. The van der Waals surface area contributed by atoms with Gasteiger partial charge in [0.1, 0.15) is 0 Å². The highest BCUT2D eigenvalue weighted by Gasteiger charge is 2.17. The second-order valence-corrected chi connectivity index (χ2v) is 10.00. The average Bonchev–Trinajstić information content (AvgIpc) is 3.39. The van der Waals surface area contributed by atoms with Gasteiger partial charge in [0.2, 0.25) is 0 Å². The Balaban J connectivity index is 1.33. The van der Waals surface area contributed by atoms with Crippen molar-refractivity contribution in [3.8, 4) is 0 Å². The van der Waals surface area contributed by atoms with Gasteiger partial charge in [-0.25, -0.2) is 13.2 Å². The van der Waals surface area contributed by atoms with Crippen LogP contribution in [-0.4, -0.2) is 40.0 Å². The summed E-state index contributed by atoms with van der Waals surface area (Å²) in [7, 11) is -3.80. The summed E-state index contributed by atoms with van der Waals surface area (Å²) in [4.78, 5) is 27.2. The van der Waals surface area contributed by atoms with Crippen molar-refractivity contribution in [1.82, 2.24) is 0 Å². The van der Waals surface area contributed by atoms with E-state index in [1.807, 2.05) is 25.1 Å². The lowest BCUT2D eigenvalue weighted by Crippen LogP contribution is -2.22. The van der Waals surface area contributed by atoms with E-state index < -0.39 is 28.5 Å². The molecule has 0 saturated carbocycles. The van der Waals surface area contributed by atoms with E-state index >= 15 is 0 Å². The van der Waals surface area contributed by atoms with Crippen LogP contribution in [0.4, 0.5) is 17.1 Å². The zero-order chi connectivity index (χ0) is 24.8. The fourth-order valence-corrected chi connectivity index (χ4v) is 4.95. The number of ether oxygens (including phenoxy) is 1. The quantitative estimate of drug-likeness (QED) is 0.456. The molecular formula is C26H27N3O5S. The number of nitrogens with one attached hydrogen (secondary N) is 2. The van der Waals surface area contributed by atoms with Crippen LogP contribution in [0, 0.1) is 6.92 Å². The lowest BCUT2D eigenvalue weighted by atomic mass is 10.1. The van der Waals surface area contributed by atoms with Gasteiger partial charge in [-0.1, -0.05) is 24.3 Å². The molecule has 0 aliphatic carbocycles. The number of benzene rings is 3. The molecule has 1 heterocycles. The SMILES string of the molecule is Cc1cc(N2CCCC2)ccc1NC(=O)COC(=O)c1cccc(NS(=O)(=O)c2ccccc2)c1. The molecule has 0 spiro atoms. The molecule has 1 aliphatic rings. The van der Waals surface area contributed by atoms with Crippen LogP contribution >= 0.6 is 0 Å². The maximum atomic E-state index is 12.5. The summed E-state index contributed by atoms with van der Waals surface area (Å²) in [6, 6.07) is 19.7. The number of nitrogens with zero attached hydrogens (tertiary/aromatic N) is 1. The molecule has 1 amide bonds. The van der Waals surface area contributed by atoms with Crippen LogP contribution in [0.1, 0.15) is 28.8 Å². The van der Waals surface area contributed by atoms with Crippen molar-refractivity contribution in [1.29, 1.82) is 0 Å². The van der Waals surface area contributed by atoms with Gasteiger partial charge in [-0.05, 0) is 73.9 Å². The smallest absolute Gasteiger partial charge is 0.338 e. The van der Waals surface area contributed by atoms with E-state index in [0.717, 1.165) is 24.3 Å². The molecule has 0 radical (unpaired) electrons. The van der Waals surface area contributed by atoms with Gasteiger partial charge in [-0.3, -0.25) is 9.52 Å². The van der Waals surface area contributed by atoms with Gasteiger partial charge in [0.15, 0.2) is 6.61 Å². The van der Waals surface area contributed by atoms with E-state index in [0.29, 0.717) is 5.69 Å². The Bertz CT molecular complexity index is 1320. The Morgan fingerprint density at radius 2 is 1.69 bits per heavy atom. The van der Waals surface area contributed by atoms with E-state index in [-0.39, 0.29) is 16.1 Å². The van der Waals surface area contributed by atoms with Gasteiger partial charge in [0.25, 0.3) is 15.9 Å². The van der Waals surface area contributed by atoms with Crippen LogP contribution in [0.3, 0.4) is 0 Å². The summed E-state index contributed by atoms with van der Waals surface area (Å²) in [6.07, 6.45) is 2.37. The molecule has 2 N–H and O–H groups in total. The maximum Gasteiger partial charge on any atom is 0.338 e. The second-order valence-electron chi connectivity index (χ2n) is 8.32. The van der Waals surface area contributed by atoms with Crippen molar-refractivity contribution in [3.63, 3.8) is 0 Å². The lowest BCUT2D eigenvalue weighted by Gasteiger charge is -2.19. The van der Waals surface area contributed by atoms with Crippen molar-refractivity contribution in [3.05, 3.63) is 83.9 Å². The molecule has 0 unspecified atom stereocenters. The lowest BCUT2D eigenvalue weighted by molar-refractivity contribution is -0.119. The first-order valence-electron chi connectivity index (χ1n) is 11.3. The number of amides is 1. The van der Waals surface area contributed by atoms with E-state index in [1.165, 1.54) is 49.2 Å². The van der Waals surface area contributed by atoms with Crippen LogP contribution in [0.5, 0.6) is 0 Å². The van der Waals surface area contributed by atoms with Crippen molar-refractivity contribution in [2.24, 2.45) is 0 Å². The summed E-state index contributed by atoms with van der Waals surface area (Å²) < 4.78 is 32.6. The van der Waals surface area contributed by atoms with Crippen LogP contribution in [-0.2, 0) is 19.6 Å². The summed E-state index contributed by atoms with van der Waals surface area (Å²) in [5.74, 6) is -1.20.